The zero-order valence-corrected chi connectivity index (χ0v) is 11.4. The van der Waals surface area contributed by atoms with E-state index in [0.717, 1.165) is 38.9 Å². The van der Waals surface area contributed by atoms with Crippen LogP contribution in [0.3, 0.4) is 0 Å². The van der Waals surface area contributed by atoms with Gasteiger partial charge in [-0.15, -0.1) is 0 Å². The Balaban J connectivity index is 1.73. The van der Waals surface area contributed by atoms with Gasteiger partial charge in [-0.2, -0.15) is 5.26 Å². The standard InChI is InChI=1S/C15H19N3O2/c16-11-13-3-1-12(2-4-13)5-8-18-9-6-14(7-10-18)20-15(17)19/h1-4,14H,5-10H2,(H2,17,19). The fraction of sp³-hybridized carbons (Fsp3) is 0.467. The third-order valence-corrected chi connectivity index (χ3v) is 3.62. The average Bonchev–Trinajstić information content (AvgIpc) is 2.46. The van der Waals surface area contributed by atoms with Crippen molar-refractivity contribution in [3.05, 3.63) is 35.4 Å². The summed E-state index contributed by atoms with van der Waals surface area (Å²) in [5.41, 5.74) is 6.95. The molecule has 0 aromatic heterocycles. The minimum absolute atomic E-state index is 0.0290. The van der Waals surface area contributed by atoms with Crippen molar-refractivity contribution in [2.75, 3.05) is 19.6 Å². The van der Waals surface area contributed by atoms with E-state index in [-0.39, 0.29) is 6.10 Å². The number of ether oxygens (including phenoxy) is 1. The Labute approximate surface area is 118 Å². The topological polar surface area (TPSA) is 79.3 Å². The number of nitrogens with two attached hydrogens (primary N) is 1. The summed E-state index contributed by atoms with van der Waals surface area (Å²) < 4.78 is 5.01. The lowest BCUT2D eigenvalue weighted by atomic mass is 10.1. The maximum atomic E-state index is 10.7. The molecule has 0 bridgehead atoms. The molecule has 1 amide bonds. The van der Waals surface area contributed by atoms with E-state index < -0.39 is 6.09 Å². The second kappa shape index (κ2) is 6.92. The fourth-order valence-electron chi connectivity index (χ4n) is 2.45. The lowest BCUT2D eigenvalue weighted by Gasteiger charge is -2.31. The van der Waals surface area contributed by atoms with Crippen LogP contribution < -0.4 is 5.73 Å². The predicted octanol–water partition coefficient (Wildman–Crippen LogP) is 1.66. The van der Waals surface area contributed by atoms with E-state index in [1.54, 1.807) is 0 Å². The van der Waals surface area contributed by atoms with Gasteiger partial charge in [0, 0.05) is 19.6 Å². The lowest BCUT2D eigenvalue weighted by Crippen LogP contribution is -2.39. The molecule has 0 radical (unpaired) electrons. The summed E-state index contributed by atoms with van der Waals surface area (Å²) in [5.74, 6) is 0. The van der Waals surface area contributed by atoms with Crippen molar-refractivity contribution in [2.45, 2.75) is 25.4 Å². The van der Waals surface area contributed by atoms with Gasteiger partial charge in [0.1, 0.15) is 6.10 Å². The summed E-state index contributed by atoms with van der Waals surface area (Å²) in [6.45, 7) is 2.83. The number of carbonyl (C=O) groups excluding carboxylic acids is 1. The first kappa shape index (κ1) is 14.4. The molecule has 1 fully saturated rings. The first-order chi connectivity index (χ1) is 9.67. The summed E-state index contributed by atoms with van der Waals surface area (Å²) in [4.78, 5) is 13.0. The van der Waals surface area contributed by atoms with Crippen LogP contribution in [0.5, 0.6) is 0 Å². The van der Waals surface area contributed by atoms with Crippen LogP contribution in [0.15, 0.2) is 24.3 Å². The summed E-state index contributed by atoms with van der Waals surface area (Å²) >= 11 is 0. The van der Waals surface area contributed by atoms with Gasteiger partial charge in [-0.3, -0.25) is 0 Å². The Morgan fingerprint density at radius 3 is 2.55 bits per heavy atom. The molecule has 0 unspecified atom stereocenters. The van der Waals surface area contributed by atoms with Crippen molar-refractivity contribution in [1.29, 1.82) is 5.26 Å². The highest BCUT2D eigenvalue weighted by Gasteiger charge is 2.21. The number of hydrogen-bond donors (Lipinski definition) is 1. The molecular formula is C15H19N3O2. The maximum absolute atomic E-state index is 10.7. The minimum Gasteiger partial charge on any atom is -0.446 e. The van der Waals surface area contributed by atoms with Gasteiger partial charge in [-0.25, -0.2) is 4.79 Å². The van der Waals surface area contributed by atoms with Crippen molar-refractivity contribution in [3.8, 4) is 6.07 Å². The van der Waals surface area contributed by atoms with Gasteiger partial charge >= 0.3 is 6.09 Å². The van der Waals surface area contributed by atoms with Crippen molar-refractivity contribution in [3.63, 3.8) is 0 Å². The molecule has 0 atom stereocenters. The van der Waals surface area contributed by atoms with Crippen LogP contribution in [-0.2, 0) is 11.2 Å². The molecule has 0 aliphatic carbocycles. The molecule has 0 spiro atoms. The number of hydrogen-bond acceptors (Lipinski definition) is 4. The first-order valence-corrected chi connectivity index (χ1v) is 6.85. The van der Waals surface area contributed by atoms with E-state index in [4.69, 9.17) is 15.7 Å². The van der Waals surface area contributed by atoms with Crippen molar-refractivity contribution in [1.82, 2.24) is 4.90 Å². The van der Waals surface area contributed by atoms with Crippen molar-refractivity contribution in [2.24, 2.45) is 5.73 Å². The van der Waals surface area contributed by atoms with Crippen LogP contribution in [0.1, 0.15) is 24.0 Å². The van der Waals surface area contributed by atoms with Crippen molar-refractivity contribution < 1.29 is 9.53 Å². The Bertz CT molecular complexity index is 485. The number of nitriles is 1. The molecule has 0 saturated carbocycles. The van der Waals surface area contributed by atoms with Gasteiger partial charge in [0.15, 0.2) is 0 Å². The largest absolute Gasteiger partial charge is 0.446 e. The lowest BCUT2D eigenvalue weighted by molar-refractivity contribution is 0.0566. The van der Waals surface area contributed by atoms with Gasteiger partial charge < -0.3 is 15.4 Å². The molecule has 5 nitrogen and oxygen atoms in total. The molecule has 1 aromatic carbocycles. The zero-order valence-electron chi connectivity index (χ0n) is 11.4. The minimum atomic E-state index is -0.680. The summed E-state index contributed by atoms with van der Waals surface area (Å²) in [6, 6.07) is 9.82. The number of likely N-dealkylation sites (tertiary alicyclic amines) is 1. The van der Waals surface area contributed by atoms with E-state index in [2.05, 4.69) is 11.0 Å². The highest BCUT2D eigenvalue weighted by Crippen LogP contribution is 2.14. The second-order valence-corrected chi connectivity index (χ2v) is 5.04. The van der Waals surface area contributed by atoms with Gasteiger partial charge in [0.2, 0.25) is 0 Å². The molecule has 2 rings (SSSR count). The summed E-state index contributed by atoms with van der Waals surface area (Å²) in [5, 5.41) is 8.75. The Kier molecular flexibility index (Phi) is 4.97. The second-order valence-electron chi connectivity index (χ2n) is 5.04. The molecular weight excluding hydrogens is 254 g/mol. The monoisotopic (exact) mass is 273 g/mol. The molecule has 5 heteroatoms. The van der Waals surface area contributed by atoms with Crippen LogP contribution >= 0.6 is 0 Å². The van der Waals surface area contributed by atoms with Crippen molar-refractivity contribution >= 4 is 6.09 Å². The van der Waals surface area contributed by atoms with Crippen LogP contribution in [0.4, 0.5) is 4.79 Å². The fourth-order valence-corrected chi connectivity index (χ4v) is 2.45. The normalized spacial score (nSPS) is 16.6. The maximum Gasteiger partial charge on any atom is 0.404 e. The molecule has 1 heterocycles. The molecule has 1 aromatic rings. The molecule has 1 aliphatic rings. The van der Waals surface area contributed by atoms with Crippen LogP contribution in [0.2, 0.25) is 0 Å². The number of primary amides is 1. The van der Waals surface area contributed by atoms with Gasteiger partial charge in [-0.1, -0.05) is 12.1 Å². The van der Waals surface area contributed by atoms with E-state index in [1.807, 2.05) is 24.3 Å². The molecule has 2 N–H and O–H groups in total. The van der Waals surface area contributed by atoms with E-state index in [1.165, 1.54) is 5.56 Å². The smallest absolute Gasteiger partial charge is 0.404 e. The SMILES string of the molecule is N#Cc1ccc(CCN2CCC(OC(N)=O)CC2)cc1. The van der Waals surface area contributed by atoms with Gasteiger partial charge in [-0.05, 0) is 37.0 Å². The number of nitrogens with zero attached hydrogens (tertiary/aromatic N) is 2. The van der Waals surface area contributed by atoms with Crippen LogP contribution in [0.25, 0.3) is 0 Å². The third kappa shape index (κ3) is 4.25. The first-order valence-electron chi connectivity index (χ1n) is 6.85. The average molecular weight is 273 g/mol. The molecule has 1 aliphatic heterocycles. The van der Waals surface area contributed by atoms with Gasteiger partial charge in [0.05, 0.1) is 11.6 Å². The van der Waals surface area contributed by atoms with E-state index >= 15 is 0 Å². The van der Waals surface area contributed by atoms with E-state index in [9.17, 15) is 4.79 Å². The number of piperidine rings is 1. The molecule has 106 valence electrons. The van der Waals surface area contributed by atoms with Crippen LogP contribution in [-0.4, -0.2) is 36.7 Å². The quantitative estimate of drug-likeness (QED) is 0.904. The van der Waals surface area contributed by atoms with Crippen LogP contribution in [0, 0.1) is 11.3 Å². The van der Waals surface area contributed by atoms with Gasteiger partial charge in [0.25, 0.3) is 0 Å². The molecule has 20 heavy (non-hydrogen) atoms. The zero-order chi connectivity index (χ0) is 14.4. The summed E-state index contributed by atoms with van der Waals surface area (Å²) in [7, 11) is 0. The number of rotatable bonds is 4. The Hall–Kier alpha value is -2.06. The van der Waals surface area contributed by atoms with E-state index in [0.29, 0.717) is 5.56 Å². The molecule has 1 saturated heterocycles. The highest BCUT2D eigenvalue weighted by atomic mass is 16.6. The Morgan fingerprint density at radius 1 is 1.35 bits per heavy atom. The predicted molar refractivity (Wildman–Crippen MR) is 75.0 cm³/mol. The number of carbonyl (C=O) groups is 1. The number of amides is 1. The number of benzene rings is 1. The highest BCUT2D eigenvalue weighted by molar-refractivity contribution is 5.64. The summed E-state index contributed by atoms with van der Waals surface area (Å²) in [6.07, 6.45) is 1.94. The third-order valence-electron chi connectivity index (χ3n) is 3.62. The Morgan fingerprint density at radius 2 is 2.00 bits per heavy atom.